The highest BCUT2D eigenvalue weighted by Crippen LogP contribution is 2.30. The third-order valence-corrected chi connectivity index (χ3v) is 3.83. The standard InChI is InChI=1S/C18H11FN6/c1-2-24-11-22-17(12-3-5-13(19)6-4-12)18(24)15-7-8-16-21-10-14(9-20)25(16)23-15/h2-8,10-11H,1H2. The molecule has 0 unspecified atom stereocenters. The van der Waals surface area contributed by atoms with Gasteiger partial charge in [-0.2, -0.15) is 10.4 Å². The van der Waals surface area contributed by atoms with Crippen molar-refractivity contribution in [2.75, 3.05) is 0 Å². The Morgan fingerprint density at radius 1 is 1.12 bits per heavy atom. The lowest BCUT2D eigenvalue weighted by Crippen LogP contribution is -2.00. The molecular formula is C18H11FN6. The summed E-state index contributed by atoms with van der Waals surface area (Å²) in [4.78, 5) is 8.55. The lowest BCUT2D eigenvalue weighted by atomic mass is 10.1. The molecule has 7 heteroatoms. The molecule has 0 spiro atoms. The fourth-order valence-corrected chi connectivity index (χ4v) is 2.65. The molecule has 0 N–H and O–H groups in total. The lowest BCUT2D eigenvalue weighted by Gasteiger charge is -2.07. The molecule has 4 rings (SSSR count). The Morgan fingerprint density at radius 3 is 2.64 bits per heavy atom. The van der Waals surface area contributed by atoms with E-state index in [1.54, 1.807) is 41.4 Å². The topological polar surface area (TPSA) is 71.8 Å². The van der Waals surface area contributed by atoms with E-state index in [0.29, 0.717) is 28.4 Å². The third-order valence-electron chi connectivity index (χ3n) is 3.83. The van der Waals surface area contributed by atoms with Crippen LogP contribution in [0.2, 0.25) is 0 Å². The van der Waals surface area contributed by atoms with E-state index in [2.05, 4.69) is 27.7 Å². The monoisotopic (exact) mass is 330 g/mol. The van der Waals surface area contributed by atoms with Gasteiger partial charge in [-0.25, -0.2) is 18.9 Å². The van der Waals surface area contributed by atoms with Crippen LogP contribution in [0.4, 0.5) is 4.39 Å². The largest absolute Gasteiger partial charge is 0.304 e. The molecule has 0 aliphatic heterocycles. The molecular weight excluding hydrogens is 319 g/mol. The number of benzene rings is 1. The molecule has 0 bridgehead atoms. The van der Waals surface area contributed by atoms with E-state index < -0.39 is 0 Å². The normalized spacial score (nSPS) is 10.7. The van der Waals surface area contributed by atoms with Crippen LogP contribution in [0.5, 0.6) is 0 Å². The number of hydrogen-bond acceptors (Lipinski definition) is 4. The van der Waals surface area contributed by atoms with Crippen LogP contribution in [0.15, 0.2) is 55.5 Å². The van der Waals surface area contributed by atoms with Crippen LogP contribution in [0.3, 0.4) is 0 Å². The Labute approximate surface area is 142 Å². The van der Waals surface area contributed by atoms with Crippen molar-refractivity contribution in [1.82, 2.24) is 24.1 Å². The number of nitrogens with zero attached hydrogens (tertiary/aromatic N) is 6. The zero-order valence-electron chi connectivity index (χ0n) is 13.0. The van der Waals surface area contributed by atoms with E-state index in [1.165, 1.54) is 22.8 Å². The van der Waals surface area contributed by atoms with Crippen LogP contribution in [0.1, 0.15) is 5.69 Å². The highest BCUT2D eigenvalue weighted by Gasteiger charge is 2.17. The second-order valence-electron chi connectivity index (χ2n) is 5.28. The van der Waals surface area contributed by atoms with E-state index in [0.717, 1.165) is 5.56 Å². The van der Waals surface area contributed by atoms with Crippen molar-refractivity contribution in [1.29, 1.82) is 5.26 Å². The molecule has 120 valence electrons. The molecule has 0 amide bonds. The van der Waals surface area contributed by atoms with E-state index >= 15 is 0 Å². The van der Waals surface area contributed by atoms with Gasteiger partial charge < -0.3 is 4.57 Å². The number of rotatable bonds is 3. The Hall–Kier alpha value is -3.79. The minimum atomic E-state index is -0.315. The van der Waals surface area contributed by atoms with Crippen molar-refractivity contribution < 1.29 is 4.39 Å². The molecule has 25 heavy (non-hydrogen) atoms. The molecule has 6 nitrogen and oxygen atoms in total. The number of hydrogen-bond donors (Lipinski definition) is 0. The highest BCUT2D eigenvalue weighted by molar-refractivity contribution is 5.78. The summed E-state index contributed by atoms with van der Waals surface area (Å²) in [5.74, 6) is -0.315. The number of imidazole rings is 2. The quantitative estimate of drug-likeness (QED) is 0.577. The number of nitriles is 1. The molecule has 0 fully saturated rings. The SMILES string of the molecule is C=Cn1cnc(-c2ccc(F)cc2)c1-c1ccc2ncc(C#N)n2n1. The van der Waals surface area contributed by atoms with Gasteiger partial charge >= 0.3 is 0 Å². The molecule has 0 saturated carbocycles. The molecule has 3 heterocycles. The summed E-state index contributed by atoms with van der Waals surface area (Å²) in [5.41, 5.74) is 3.60. The molecule has 1 aromatic carbocycles. The van der Waals surface area contributed by atoms with Crippen molar-refractivity contribution >= 4 is 11.8 Å². The summed E-state index contributed by atoms with van der Waals surface area (Å²) in [7, 11) is 0. The van der Waals surface area contributed by atoms with E-state index in [1.807, 2.05) is 0 Å². The van der Waals surface area contributed by atoms with Crippen LogP contribution in [-0.2, 0) is 0 Å². The average molecular weight is 330 g/mol. The Morgan fingerprint density at radius 2 is 1.92 bits per heavy atom. The Balaban J connectivity index is 1.95. The van der Waals surface area contributed by atoms with Gasteiger partial charge in [0.15, 0.2) is 11.3 Å². The fraction of sp³-hybridized carbons (Fsp3) is 0. The Bertz CT molecular complexity index is 1130. The van der Waals surface area contributed by atoms with Gasteiger partial charge in [-0.3, -0.25) is 0 Å². The minimum Gasteiger partial charge on any atom is -0.304 e. The van der Waals surface area contributed by atoms with Crippen molar-refractivity contribution in [3.8, 4) is 28.7 Å². The number of aromatic nitrogens is 5. The zero-order chi connectivity index (χ0) is 17.4. The fourth-order valence-electron chi connectivity index (χ4n) is 2.65. The van der Waals surface area contributed by atoms with Crippen molar-refractivity contribution in [2.24, 2.45) is 0 Å². The van der Waals surface area contributed by atoms with Crippen molar-refractivity contribution in [2.45, 2.75) is 0 Å². The molecule has 0 radical (unpaired) electrons. The first kappa shape index (κ1) is 14.8. The lowest BCUT2D eigenvalue weighted by molar-refractivity contribution is 0.628. The first-order valence-electron chi connectivity index (χ1n) is 7.42. The van der Waals surface area contributed by atoms with E-state index in [9.17, 15) is 9.65 Å². The average Bonchev–Trinajstić information content (AvgIpc) is 3.25. The van der Waals surface area contributed by atoms with Crippen LogP contribution >= 0.6 is 0 Å². The van der Waals surface area contributed by atoms with Gasteiger partial charge in [0.05, 0.1) is 18.2 Å². The van der Waals surface area contributed by atoms with Crippen LogP contribution in [-0.4, -0.2) is 24.1 Å². The van der Waals surface area contributed by atoms with E-state index in [4.69, 9.17) is 0 Å². The Kier molecular flexibility index (Phi) is 3.36. The van der Waals surface area contributed by atoms with Gasteiger partial charge in [0.25, 0.3) is 0 Å². The maximum atomic E-state index is 13.2. The van der Waals surface area contributed by atoms with Gasteiger partial charge in [0.1, 0.15) is 23.3 Å². The maximum Gasteiger partial charge on any atom is 0.162 e. The predicted octanol–water partition coefficient (Wildman–Crippen LogP) is 3.37. The molecule has 4 aromatic rings. The highest BCUT2D eigenvalue weighted by atomic mass is 19.1. The number of halogens is 1. The smallest absolute Gasteiger partial charge is 0.162 e. The summed E-state index contributed by atoms with van der Waals surface area (Å²) in [5, 5.41) is 13.7. The first-order valence-corrected chi connectivity index (χ1v) is 7.42. The zero-order valence-corrected chi connectivity index (χ0v) is 13.0. The van der Waals surface area contributed by atoms with Gasteiger partial charge in [-0.15, -0.1) is 0 Å². The maximum absolute atomic E-state index is 13.2. The second kappa shape index (κ2) is 5.69. The van der Waals surface area contributed by atoms with Gasteiger partial charge in [0.2, 0.25) is 0 Å². The second-order valence-corrected chi connectivity index (χ2v) is 5.28. The first-order chi connectivity index (χ1) is 12.2. The number of fused-ring (bicyclic) bond motifs is 1. The summed E-state index contributed by atoms with van der Waals surface area (Å²) in [6.45, 7) is 3.79. The minimum absolute atomic E-state index is 0.315. The van der Waals surface area contributed by atoms with Crippen LogP contribution in [0, 0.1) is 17.1 Å². The third kappa shape index (κ3) is 2.37. The molecule has 0 aliphatic rings. The van der Waals surface area contributed by atoms with Gasteiger partial charge in [-0.05, 0) is 36.4 Å². The van der Waals surface area contributed by atoms with E-state index in [-0.39, 0.29) is 5.82 Å². The molecule has 3 aromatic heterocycles. The predicted molar refractivity (Wildman–Crippen MR) is 90.7 cm³/mol. The van der Waals surface area contributed by atoms with Crippen molar-refractivity contribution in [3.05, 3.63) is 67.0 Å². The molecule has 0 aliphatic carbocycles. The van der Waals surface area contributed by atoms with Crippen LogP contribution < -0.4 is 0 Å². The molecule has 0 saturated heterocycles. The van der Waals surface area contributed by atoms with Gasteiger partial charge in [0, 0.05) is 11.8 Å². The van der Waals surface area contributed by atoms with Crippen molar-refractivity contribution in [3.63, 3.8) is 0 Å². The summed E-state index contributed by atoms with van der Waals surface area (Å²) < 4.78 is 16.4. The van der Waals surface area contributed by atoms with Gasteiger partial charge in [-0.1, -0.05) is 6.58 Å². The van der Waals surface area contributed by atoms with Crippen LogP contribution in [0.25, 0.3) is 34.5 Å². The molecule has 0 atom stereocenters. The summed E-state index contributed by atoms with van der Waals surface area (Å²) in [6, 6.07) is 11.7. The summed E-state index contributed by atoms with van der Waals surface area (Å²) in [6.07, 6.45) is 4.70. The summed E-state index contributed by atoms with van der Waals surface area (Å²) >= 11 is 0.